The molecule has 0 fully saturated rings. The van der Waals surface area contributed by atoms with Crippen molar-refractivity contribution < 1.29 is 22.8 Å². The number of alkyl halides is 3. The maximum absolute atomic E-state index is 13.2. The Hall–Kier alpha value is -4.21. The van der Waals surface area contributed by atoms with Gasteiger partial charge in [0.25, 0.3) is 5.91 Å². The van der Waals surface area contributed by atoms with Crippen molar-refractivity contribution in [1.82, 2.24) is 14.4 Å². The lowest BCUT2D eigenvalue weighted by Gasteiger charge is -2.28. The fraction of sp³-hybridized carbons (Fsp3) is 0.0909. The smallest absolute Gasteiger partial charge is 0.323 e. The maximum Gasteiger partial charge on any atom is 0.416 e. The van der Waals surface area contributed by atoms with Crippen LogP contribution in [0.3, 0.4) is 0 Å². The normalized spacial score (nSPS) is 13.7. The van der Waals surface area contributed by atoms with Gasteiger partial charge in [-0.2, -0.15) is 13.2 Å². The van der Waals surface area contributed by atoms with Gasteiger partial charge in [-0.15, -0.1) is 0 Å². The molecule has 5 rings (SSSR count). The van der Waals surface area contributed by atoms with Gasteiger partial charge in [-0.25, -0.2) is 9.97 Å². The lowest BCUT2D eigenvalue weighted by Crippen LogP contribution is -2.42. The number of hydrogen-bond acceptors (Lipinski definition) is 4. The Kier molecular flexibility index (Phi) is 4.43. The molecule has 3 heterocycles. The van der Waals surface area contributed by atoms with Gasteiger partial charge in [0.1, 0.15) is 12.2 Å². The van der Waals surface area contributed by atoms with Crippen molar-refractivity contribution in [3.63, 3.8) is 0 Å². The van der Waals surface area contributed by atoms with Crippen LogP contribution in [0.2, 0.25) is 0 Å². The van der Waals surface area contributed by atoms with Crippen LogP contribution in [0.15, 0.2) is 67.1 Å². The van der Waals surface area contributed by atoms with Gasteiger partial charge in [0.2, 0.25) is 5.91 Å². The molecule has 2 aromatic carbocycles. The van der Waals surface area contributed by atoms with Gasteiger partial charge in [-0.3, -0.25) is 18.9 Å². The first-order valence-electron chi connectivity index (χ1n) is 9.53. The van der Waals surface area contributed by atoms with E-state index in [1.165, 1.54) is 35.6 Å². The quantitative estimate of drug-likeness (QED) is 0.514. The number of nitrogens with one attached hydrogen (secondary N) is 1. The summed E-state index contributed by atoms with van der Waals surface area (Å²) < 4.78 is 40.2. The highest BCUT2D eigenvalue weighted by molar-refractivity contribution is 6.14. The molecule has 160 valence electrons. The Morgan fingerprint density at radius 3 is 2.50 bits per heavy atom. The van der Waals surface area contributed by atoms with E-state index >= 15 is 0 Å². The van der Waals surface area contributed by atoms with Crippen molar-refractivity contribution >= 4 is 28.8 Å². The van der Waals surface area contributed by atoms with Crippen LogP contribution >= 0.6 is 0 Å². The summed E-state index contributed by atoms with van der Waals surface area (Å²) in [7, 11) is 0. The molecular formula is C22H14F3N5O2. The third kappa shape index (κ3) is 3.35. The second kappa shape index (κ2) is 7.19. The SMILES string of the molecule is O=C1CN(C(=O)c2cn3c(-c4ccc(C(F)(F)F)cc4)cnc3cn2)c2ccccc2N1. The summed E-state index contributed by atoms with van der Waals surface area (Å²) in [6.45, 7) is -0.161. The number of para-hydroxylation sites is 2. The summed E-state index contributed by atoms with van der Waals surface area (Å²) in [5.74, 6) is -0.813. The molecule has 1 N–H and O–H groups in total. The van der Waals surface area contributed by atoms with Crippen LogP contribution in [0.25, 0.3) is 16.9 Å². The number of anilines is 2. The summed E-state index contributed by atoms with van der Waals surface area (Å²) >= 11 is 0. The van der Waals surface area contributed by atoms with Crippen LogP contribution in [0, 0.1) is 0 Å². The third-order valence-electron chi connectivity index (χ3n) is 5.14. The van der Waals surface area contributed by atoms with E-state index in [4.69, 9.17) is 0 Å². The molecule has 2 aromatic heterocycles. The van der Waals surface area contributed by atoms with Crippen molar-refractivity contribution in [1.29, 1.82) is 0 Å². The highest BCUT2D eigenvalue weighted by Crippen LogP contribution is 2.32. The Morgan fingerprint density at radius 1 is 1.00 bits per heavy atom. The zero-order valence-electron chi connectivity index (χ0n) is 16.3. The summed E-state index contributed by atoms with van der Waals surface area (Å²) in [5.41, 5.74) is 1.80. The predicted molar refractivity (Wildman–Crippen MR) is 110 cm³/mol. The summed E-state index contributed by atoms with van der Waals surface area (Å²) in [4.78, 5) is 35.0. The number of fused-ring (bicyclic) bond motifs is 2. The van der Waals surface area contributed by atoms with E-state index in [9.17, 15) is 22.8 Å². The lowest BCUT2D eigenvalue weighted by molar-refractivity contribution is -0.137. The highest BCUT2D eigenvalue weighted by Gasteiger charge is 2.30. The molecule has 0 atom stereocenters. The summed E-state index contributed by atoms with van der Waals surface area (Å²) in [5, 5.41) is 2.72. The van der Waals surface area contributed by atoms with Crippen molar-refractivity contribution in [2.75, 3.05) is 16.8 Å². The minimum Gasteiger partial charge on any atom is -0.323 e. The van der Waals surface area contributed by atoms with E-state index in [2.05, 4.69) is 15.3 Å². The van der Waals surface area contributed by atoms with E-state index in [1.54, 1.807) is 28.7 Å². The van der Waals surface area contributed by atoms with Crippen LogP contribution in [0.4, 0.5) is 24.5 Å². The Bertz CT molecular complexity index is 1360. The number of carbonyl (C=O) groups excluding carboxylic acids is 2. The maximum atomic E-state index is 13.2. The van der Waals surface area contributed by atoms with Crippen LogP contribution in [0.5, 0.6) is 0 Å². The first kappa shape index (κ1) is 19.7. The molecule has 0 aliphatic carbocycles. The van der Waals surface area contributed by atoms with Gasteiger partial charge in [-0.05, 0) is 24.3 Å². The molecule has 0 saturated heterocycles. The third-order valence-corrected chi connectivity index (χ3v) is 5.14. The molecule has 1 aliphatic heterocycles. The molecule has 0 radical (unpaired) electrons. The molecular weight excluding hydrogens is 423 g/mol. The van der Waals surface area contributed by atoms with E-state index in [0.29, 0.717) is 28.3 Å². The fourth-order valence-corrected chi connectivity index (χ4v) is 3.60. The average Bonchev–Trinajstić information content (AvgIpc) is 3.20. The van der Waals surface area contributed by atoms with Crippen molar-refractivity contribution in [2.24, 2.45) is 0 Å². The zero-order chi connectivity index (χ0) is 22.5. The number of rotatable bonds is 2. The Balaban J connectivity index is 1.53. The summed E-state index contributed by atoms with van der Waals surface area (Å²) in [6, 6.07) is 11.6. The molecule has 0 bridgehead atoms. The van der Waals surface area contributed by atoms with E-state index in [1.807, 2.05) is 0 Å². The van der Waals surface area contributed by atoms with Crippen molar-refractivity contribution in [3.05, 3.63) is 78.4 Å². The number of amides is 2. The van der Waals surface area contributed by atoms with Gasteiger partial charge in [0, 0.05) is 11.8 Å². The van der Waals surface area contributed by atoms with Crippen molar-refractivity contribution in [2.45, 2.75) is 6.18 Å². The van der Waals surface area contributed by atoms with Crippen LogP contribution in [0.1, 0.15) is 16.1 Å². The molecule has 0 saturated carbocycles. The molecule has 0 spiro atoms. The molecule has 32 heavy (non-hydrogen) atoms. The molecule has 0 unspecified atom stereocenters. The zero-order valence-corrected chi connectivity index (χ0v) is 16.3. The second-order valence-electron chi connectivity index (χ2n) is 7.18. The Labute approximate surface area is 179 Å². The summed E-state index contributed by atoms with van der Waals surface area (Å²) in [6.07, 6.45) is -0.0699. The monoisotopic (exact) mass is 437 g/mol. The predicted octanol–water partition coefficient (Wildman–Crippen LogP) is 4.01. The number of imidazole rings is 1. The van der Waals surface area contributed by atoms with Crippen LogP contribution < -0.4 is 10.2 Å². The first-order chi connectivity index (χ1) is 15.3. The van der Waals surface area contributed by atoms with Gasteiger partial charge < -0.3 is 5.32 Å². The molecule has 10 heteroatoms. The number of halogens is 3. The number of aromatic nitrogens is 3. The first-order valence-corrected chi connectivity index (χ1v) is 9.53. The minimum absolute atomic E-state index is 0.0631. The van der Waals surface area contributed by atoms with Gasteiger partial charge >= 0.3 is 6.18 Å². The number of nitrogens with zero attached hydrogens (tertiary/aromatic N) is 4. The number of carbonyl (C=O) groups is 2. The minimum atomic E-state index is -4.43. The largest absolute Gasteiger partial charge is 0.416 e. The number of hydrogen-bond donors (Lipinski definition) is 1. The standard InChI is InChI=1S/C22H14F3N5O2/c23-22(24,25)14-7-5-13(6-8-14)18-9-27-19-10-26-16(11-29(18)19)21(32)30-12-20(31)28-15-3-1-2-4-17(15)30/h1-11H,12H2,(H,28,31). The molecule has 2 amide bonds. The lowest BCUT2D eigenvalue weighted by atomic mass is 10.1. The van der Waals surface area contributed by atoms with Crippen LogP contribution in [-0.4, -0.2) is 32.7 Å². The van der Waals surface area contributed by atoms with E-state index < -0.39 is 17.6 Å². The van der Waals surface area contributed by atoms with Crippen LogP contribution in [-0.2, 0) is 11.0 Å². The second-order valence-corrected chi connectivity index (χ2v) is 7.18. The Morgan fingerprint density at radius 2 is 1.75 bits per heavy atom. The topological polar surface area (TPSA) is 79.6 Å². The highest BCUT2D eigenvalue weighted by atomic mass is 19.4. The fourth-order valence-electron chi connectivity index (χ4n) is 3.60. The average molecular weight is 437 g/mol. The van der Waals surface area contributed by atoms with Gasteiger partial charge in [-0.1, -0.05) is 24.3 Å². The molecule has 1 aliphatic rings. The van der Waals surface area contributed by atoms with E-state index in [0.717, 1.165) is 12.1 Å². The van der Waals surface area contributed by atoms with Gasteiger partial charge in [0.05, 0.1) is 35.0 Å². The molecule has 7 nitrogen and oxygen atoms in total. The van der Waals surface area contributed by atoms with Crippen molar-refractivity contribution in [3.8, 4) is 11.3 Å². The number of benzene rings is 2. The van der Waals surface area contributed by atoms with Gasteiger partial charge in [0.15, 0.2) is 5.65 Å². The van der Waals surface area contributed by atoms with E-state index in [-0.39, 0.29) is 18.1 Å². The molecule has 4 aromatic rings.